The van der Waals surface area contributed by atoms with Crippen molar-refractivity contribution in [3.63, 3.8) is 0 Å². The fourth-order valence-corrected chi connectivity index (χ4v) is 8.06. The zero-order chi connectivity index (χ0) is 42.4. The number of aromatic nitrogens is 4. The van der Waals surface area contributed by atoms with Crippen LogP contribution in [0.5, 0.6) is 11.6 Å². The van der Waals surface area contributed by atoms with E-state index in [-0.39, 0.29) is 12.0 Å². The Bertz CT molecular complexity index is 2140. The van der Waals surface area contributed by atoms with Crippen LogP contribution in [0.3, 0.4) is 0 Å². The molecular weight excluding hydrogens is 769 g/mol. The number of hydrogen-bond acceptors (Lipinski definition) is 11. The highest BCUT2D eigenvalue weighted by Crippen LogP contribution is 2.43. The van der Waals surface area contributed by atoms with Crippen molar-refractivity contribution in [1.82, 2.24) is 29.3 Å². The Labute approximate surface area is 351 Å². The molecule has 5 aromatic rings. The van der Waals surface area contributed by atoms with Crippen molar-refractivity contribution < 1.29 is 33.6 Å². The van der Waals surface area contributed by atoms with Gasteiger partial charge in [-0.3, -0.25) is 0 Å². The van der Waals surface area contributed by atoms with E-state index in [1.165, 1.54) is 17.7 Å². The molecule has 1 unspecified atom stereocenters. The topological polar surface area (TPSA) is 141 Å². The molecule has 1 aliphatic rings. The van der Waals surface area contributed by atoms with E-state index in [4.69, 9.17) is 28.9 Å². The molecule has 1 saturated carbocycles. The first-order chi connectivity index (χ1) is 27.9. The molecule has 14 heteroatoms. The van der Waals surface area contributed by atoms with Gasteiger partial charge in [0.2, 0.25) is 5.88 Å². The minimum Gasteiger partial charge on any atom is -0.444 e. The SMILES string of the molecule is CC(C)(C)OC(=O)N(CCCN(CC1C[C@@H](n2cc(-c3nc(Oc4ccccc4)cs3)c3cncnc32)C[C@@H]1OC(C)(C)O)C(=O)OC(C)(C)C)CCc1ccccc1. The number of carbonyl (C=O) groups is 2. The monoisotopic (exact) mass is 826 g/mol. The lowest BCUT2D eigenvalue weighted by Crippen LogP contribution is -2.44. The van der Waals surface area contributed by atoms with Crippen molar-refractivity contribution in [2.75, 3.05) is 26.2 Å². The number of para-hydroxylation sites is 1. The smallest absolute Gasteiger partial charge is 0.410 e. The van der Waals surface area contributed by atoms with E-state index in [2.05, 4.69) is 15.7 Å². The van der Waals surface area contributed by atoms with Gasteiger partial charge >= 0.3 is 12.2 Å². The van der Waals surface area contributed by atoms with Crippen molar-refractivity contribution in [1.29, 1.82) is 0 Å². The third-order valence-corrected chi connectivity index (χ3v) is 10.6. The number of thiazole rings is 1. The van der Waals surface area contributed by atoms with Crippen LogP contribution in [0.4, 0.5) is 9.59 Å². The average molecular weight is 827 g/mol. The Kier molecular flexibility index (Phi) is 13.6. The van der Waals surface area contributed by atoms with Crippen LogP contribution >= 0.6 is 11.3 Å². The third kappa shape index (κ3) is 12.5. The maximum atomic E-state index is 13.9. The number of aliphatic hydroxyl groups is 1. The van der Waals surface area contributed by atoms with Gasteiger partial charge in [-0.1, -0.05) is 48.5 Å². The van der Waals surface area contributed by atoms with Gasteiger partial charge in [-0.25, -0.2) is 24.5 Å². The van der Waals surface area contributed by atoms with Crippen LogP contribution in [0, 0.1) is 5.92 Å². The first-order valence-corrected chi connectivity index (χ1v) is 21.2. The number of fused-ring (bicyclic) bond motifs is 1. The standard InChI is InChI=1S/C45H58N6O7S/c1-43(2,3)57-41(52)49(23-20-31-16-11-9-12-17-31)21-15-22-50(42(53)58-44(4,5)6)27-32-24-33(25-37(32)56-45(7,8)54)51-28-36(35-26-46-30-47-39(35)51)40-48-38(29-59-40)55-34-18-13-10-14-19-34/h9-14,16-19,26,28-30,32-33,37,54H,15,20-25,27H2,1-8H3/t32?,33-,37+/m1/s1. The summed E-state index contributed by atoms with van der Waals surface area (Å²) in [6.45, 7) is 15.8. The molecule has 2 amide bonds. The van der Waals surface area contributed by atoms with E-state index in [1.807, 2.05) is 108 Å². The molecule has 0 bridgehead atoms. The number of hydrogen-bond donors (Lipinski definition) is 1. The number of benzene rings is 2. The number of nitrogens with zero attached hydrogens (tertiary/aromatic N) is 6. The van der Waals surface area contributed by atoms with Gasteiger partial charge in [0.15, 0.2) is 5.79 Å². The first kappa shape index (κ1) is 43.5. The van der Waals surface area contributed by atoms with Crippen LogP contribution < -0.4 is 4.74 Å². The van der Waals surface area contributed by atoms with E-state index in [1.54, 1.807) is 29.8 Å². The summed E-state index contributed by atoms with van der Waals surface area (Å²) in [6.07, 6.45) is 6.52. The molecule has 1 N–H and O–H groups in total. The molecule has 3 atom stereocenters. The summed E-state index contributed by atoms with van der Waals surface area (Å²) in [6, 6.07) is 19.5. The summed E-state index contributed by atoms with van der Waals surface area (Å²) in [5.74, 6) is -0.383. The number of amides is 2. The molecule has 0 spiro atoms. The molecule has 0 aliphatic heterocycles. The quantitative estimate of drug-likeness (QED) is 0.102. The van der Waals surface area contributed by atoms with Gasteiger partial charge in [0.25, 0.3) is 0 Å². The van der Waals surface area contributed by atoms with Gasteiger partial charge in [0, 0.05) is 61.5 Å². The lowest BCUT2D eigenvalue weighted by molar-refractivity contribution is -0.213. The molecule has 0 radical (unpaired) electrons. The lowest BCUT2D eigenvalue weighted by atomic mass is 10.0. The molecule has 59 heavy (non-hydrogen) atoms. The Balaban J connectivity index is 1.23. The summed E-state index contributed by atoms with van der Waals surface area (Å²) >= 11 is 1.48. The van der Waals surface area contributed by atoms with E-state index in [0.717, 1.165) is 27.2 Å². The molecule has 6 rings (SSSR count). The highest BCUT2D eigenvalue weighted by molar-refractivity contribution is 7.13. The zero-order valence-electron chi connectivity index (χ0n) is 35.5. The summed E-state index contributed by atoms with van der Waals surface area (Å²) in [5.41, 5.74) is 1.38. The molecule has 2 aromatic carbocycles. The van der Waals surface area contributed by atoms with Crippen LogP contribution in [-0.4, -0.2) is 95.9 Å². The normalized spacial score (nSPS) is 17.2. The molecule has 3 heterocycles. The van der Waals surface area contributed by atoms with Crippen molar-refractivity contribution in [3.05, 3.63) is 90.3 Å². The minimum absolute atomic E-state index is 0.0837. The fourth-order valence-electron chi connectivity index (χ4n) is 7.32. The second-order valence-electron chi connectivity index (χ2n) is 17.6. The molecule has 3 aromatic heterocycles. The summed E-state index contributed by atoms with van der Waals surface area (Å²) in [4.78, 5) is 44.6. The lowest BCUT2D eigenvalue weighted by Gasteiger charge is -2.33. The Morgan fingerprint density at radius 2 is 1.51 bits per heavy atom. The summed E-state index contributed by atoms with van der Waals surface area (Å²) in [5, 5.41) is 14.4. The maximum absolute atomic E-state index is 13.9. The van der Waals surface area contributed by atoms with Crippen LogP contribution in [0.15, 0.2) is 84.8 Å². The maximum Gasteiger partial charge on any atom is 0.410 e. The zero-order valence-corrected chi connectivity index (χ0v) is 36.3. The number of carbonyl (C=O) groups excluding carboxylic acids is 2. The van der Waals surface area contributed by atoms with Gasteiger partial charge in [0.1, 0.15) is 33.9 Å². The molecule has 316 valence electrons. The fraction of sp³-hybridized carbons (Fsp3) is 0.489. The molecule has 1 fully saturated rings. The van der Waals surface area contributed by atoms with Crippen LogP contribution in [0.2, 0.25) is 0 Å². The Morgan fingerprint density at radius 3 is 2.17 bits per heavy atom. The van der Waals surface area contributed by atoms with Gasteiger partial charge in [-0.15, -0.1) is 11.3 Å². The summed E-state index contributed by atoms with van der Waals surface area (Å²) in [7, 11) is 0. The molecule has 1 aliphatic carbocycles. The summed E-state index contributed by atoms with van der Waals surface area (Å²) < 4.78 is 26.2. The van der Waals surface area contributed by atoms with Crippen LogP contribution in [-0.2, 0) is 20.6 Å². The average Bonchev–Trinajstić information content (AvgIpc) is 3.88. The second kappa shape index (κ2) is 18.5. The number of ether oxygens (including phenoxy) is 4. The first-order valence-electron chi connectivity index (χ1n) is 20.3. The van der Waals surface area contributed by atoms with Crippen molar-refractivity contribution in [2.24, 2.45) is 5.92 Å². The van der Waals surface area contributed by atoms with E-state index in [0.29, 0.717) is 63.5 Å². The van der Waals surface area contributed by atoms with E-state index < -0.39 is 35.3 Å². The van der Waals surface area contributed by atoms with Gasteiger partial charge in [0.05, 0.1) is 11.5 Å². The van der Waals surface area contributed by atoms with Gasteiger partial charge in [-0.05, 0) is 98.8 Å². The number of rotatable bonds is 15. The van der Waals surface area contributed by atoms with Crippen molar-refractivity contribution in [3.8, 4) is 22.2 Å². The van der Waals surface area contributed by atoms with E-state index in [9.17, 15) is 14.7 Å². The highest BCUT2D eigenvalue weighted by atomic mass is 32.1. The molecule has 13 nitrogen and oxygen atoms in total. The largest absolute Gasteiger partial charge is 0.444 e. The highest BCUT2D eigenvalue weighted by Gasteiger charge is 2.41. The van der Waals surface area contributed by atoms with Crippen molar-refractivity contribution in [2.45, 2.75) is 110 Å². The minimum atomic E-state index is -1.41. The van der Waals surface area contributed by atoms with Gasteiger partial charge < -0.3 is 38.4 Å². The molecule has 0 saturated heterocycles. The predicted molar refractivity (Wildman–Crippen MR) is 228 cm³/mol. The Hall–Kier alpha value is -5.05. The second-order valence-corrected chi connectivity index (χ2v) is 18.4. The van der Waals surface area contributed by atoms with E-state index >= 15 is 0 Å². The Morgan fingerprint density at radius 1 is 0.864 bits per heavy atom. The van der Waals surface area contributed by atoms with Crippen molar-refractivity contribution >= 4 is 34.6 Å². The van der Waals surface area contributed by atoms with Crippen LogP contribution in [0.25, 0.3) is 21.6 Å². The predicted octanol–water partition coefficient (Wildman–Crippen LogP) is 9.52. The van der Waals surface area contributed by atoms with Crippen LogP contribution in [0.1, 0.15) is 86.3 Å². The third-order valence-electron chi connectivity index (χ3n) is 9.74. The van der Waals surface area contributed by atoms with Gasteiger partial charge in [-0.2, -0.15) is 0 Å². The molecular formula is C45H58N6O7S.